The average molecular weight is 442 g/mol. The number of nitrogens with zero attached hydrogens (tertiary/aromatic N) is 5. The number of amides is 2. The molecule has 0 bridgehead atoms. The highest BCUT2D eigenvalue weighted by atomic mass is 16.6. The molecule has 0 spiro atoms. The molecule has 1 rings (SSSR count). The van der Waals surface area contributed by atoms with Crippen LogP contribution in [0, 0.1) is 0 Å². The molecule has 0 aliphatic heterocycles. The van der Waals surface area contributed by atoms with Crippen molar-refractivity contribution in [2.45, 2.75) is 45.8 Å². The number of likely N-dealkylation sites (N-methyl/N-ethyl adjacent to an activating group) is 1. The average Bonchev–Trinajstić information content (AvgIpc) is 3.16. The number of hydrogen-bond donors (Lipinski definition) is 0. The maximum atomic E-state index is 11.8. The maximum Gasteiger partial charge on any atom is 0.410 e. The van der Waals surface area contributed by atoms with Gasteiger partial charge in [-0.15, -0.1) is 5.10 Å². The third-order valence-corrected chi connectivity index (χ3v) is 3.84. The summed E-state index contributed by atoms with van der Waals surface area (Å²) < 4.78 is 23.3. The SMILES string of the molecule is C=NC(=O)CCc1cn(CCOCCOCCOCCN(C)C(=O)OC(C)(C)C)nn1. The zero-order valence-electron chi connectivity index (χ0n) is 19.0. The van der Waals surface area contributed by atoms with E-state index in [2.05, 4.69) is 22.0 Å². The number of carbonyl (C=O) groups excluding carboxylic acids is 2. The maximum absolute atomic E-state index is 11.8. The smallest absolute Gasteiger partial charge is 0.410 e. The van der Waals surface area contributed by atoms with Crippen LogP contribution >= 0.6 is 0 Å². The molecule has 1 aromatic heterocycles. The molecule has 1 heterocycles. The second-order valence-corrected chi connectivity index (χ2v) is 7.76. The molecule has 1 aromatic rings. The van der Waals surface area contributed by atoms with Gasteiger partial charge in [-0.25, -0.2) is 14.5 Å². The molecule has 2 amide bonds. The van der Waals surface area contributed by atoms with E-state index >= 15 is 0 Å². The van der Waals surface area contributed by atoms with E-state index in [1.807, 2.05) is 20.8 Å². The van der Waals surface area contributed by atoms with Crippen molar-refractivity contribution in [3.8, 4) is 0 Å². The van der Waals surface area contributed by atoms with Gasteiger partial charge in [0.15, 0.2) is 0 Å². The highest BCUT2D eigenvalue weighted by Crippen LogP contribution is 2.08. The summed E-state index contributed by atoms with van der Waals surface area (Å²) in [6, 6.07) is 0. The van der Waals surface area contributed by atoms with Crippen molar-refractivity contribution in [2.24, 2.45) is 4.99 Å². The van der Waals surface area contributed by atoms with E-state index in [0.717, 1.165) is 5.69 Å². The lowest BCUT2D eigenvalue weighted by Crippen LogP contribution is -2.36. The summed E-state index contributed by atoms with van der Waals surface area (Å²) in [6.07, 6.45) is 2.19. The van der Waals surface area contributed by atoms with Crippen molar-refractivity contribution in [3.05, 3.63) is 11.9 Å². The molecule has 0 atom stereocenters. The quantitative estimate of drug-likeness (QED) is 0.296. The summed E-state index contributed by atoms with van der Waals surface area (Å²) in [5.41, 5.74) is 0.225. The fourth-order valence-corrected chi connectivity index (χ4v) is 2.21. The van der Waals surface area contributed by atoms with E-state index < -0.39 is 5.60 Å². The Morgan fingerprint density at radius 2 is 1.71 bits per heavy atom. The third kappa shape index (κ3) is 13.5. The molecule has 0 fully saturated rings. The monoisotopic (exact) mass is 441 g/mol. The van der Waals surface area contributed by atoms with Gasteiger partial charge in [-0.1, -0.05) is 5.21 Å². The molecule has 0 N–H and O–H groups in total. The Labute approximate surface area is 183 Å². The van der Waals surface area contributed by atoms with Crippen LogP contribution < -0.4 is 0 Å². The lowest BCUT2D eigenvalue weighted by atomic mass is 10.2. The summed E-state index contributed by atoms with van der Waals surface area (Å²) in [7, 11) is 1.67. The van der Waals surface area contributed by atoms with E-state index in [1.54, 1.807) is 17.9 Å². The summed E-state index contributed by atoms with van der Waals surface area (Å²) in [5, 5.41) is 7.98. The van der Waals surface area contributed by atoms with Crippen LogP contribution in [0.2, 0.25) is 0 Å². The zero-order chi connectivity index (χ0) is 23.1. The molecule has 31 heavy (non-hydrogen) atoms. The van der Waals surface area contributed by atoms with Crippen molar-refractivity contribution in [1.82, 2.24) is 19.9 Å². The molecular formula is C20H35N5O6. The lowest BCUT2D eigenvalue weighted by Gasteiger charge is -2.24. The first-order valence-corrected chi connectivity index (χ1v) is 10.3. The molecule has 0 aliphatic rings. The fraction of sp³-hybridized carbons (Fsp3) is 0.750. The van der Waals surface area contributed by atoms with Crippen molar-refractivity contribution in [2.75, 3.05) is 53.2 Å². The van der Waals surface area contributed by atoms with Gasteiger partial charge >= 0.3 is 6.09 Å². The van der Waals surface area contributed by atoms with E-state index in [1.165, 1.54) is 4.90 Å². The lowest BCUT2D eigenvalue weighted by molar-refractivity contribution is -0.117. The molecule has 11 heteroatoms. The van der Waals surface area contributed by atoms with Crippen molar-refractivity contribution >= 4 is 18.7 Å². The Balaban J connectivity index is 1.95. The highest BCUT2D eigenvalue weighted by Gasteiger charge is 2.19. The van der Waals surface area contributed by atoms with Crippen LogP contribution in [-0.4, -0.2) is 97.4 Å². The summed E-state index contributed by atoms with van der Waals surface area (Å²) in [5.74, 6) is -0.253. The van der Waals surface area contributed by atoms with Crippen LogP contribution in [0.5, 0.6) is 0 Å². The van der Waals surface area contributed by atoms with E-state index in [-0.39, 0.29) is 18.4 Å². The minimum atomic E-state index is -0.509. The van der Waals surface area contributed by atoms with Crippen molar-refractivity contribution in [3.63, 3.8) is 0 Å². The minimum Gasteiger partial charge on any atom is -0.444 e. The van der Waals surface area contributed by atoms with E-state index in [4.69, 9.17) is 18.9 Å². The van der Waals surface area contributed by atoms with Gasteiger partial charge in [0, 0.05) is 32.6 Å². The van der Waals surface area contributed by atoms with Crippen LogP contribution in [0.1, 0.15) is 32.9 Å². The van der Waals surface area contributed by atoms with Crippen LogP contribution in [0.25, 0.3) is 0 Å². The number of hydrogen-bond acceptors (Lipinski definition) is 8. The Morgan fingerprint density at radius 3 is 2.32 bits per heavy atom. The van der Waals surface area contributed by atoms with Gasteiger partial charge in [0.25, 0.3) is 0 Å². The number of rotatable bonds is 15. The number of aryl methyl sites for hydroxylation is 1. The molecule has 0 saturated carbocycles. The minimum absolute atomic E-state index is 0.253. The predicted molar refractivity (Wildman–Crippen MR) is 114 cm³/mol. The Kier molecular flexibility index (Phi) is 12.6. The molecule has 0 aliphatic carbocycles. The highest BCUT2D eigenvalue weighted by molar-refractivity contribution is 5.80. The normalized spacial score (nSPS) is 11.4. The molecule has 0 saturated heterocycles. The zero-order valence-corrected chi connectivity index (χ0v) is 19.0. The number of aromatic nitrogens is 3. The van der Waals surface area contributed by atoms with Crippen LogP contribution in [-0.2, 0) is 36.7 Å². The topological polar surface area (TPSA) is 117 Å². The summed E-state index contributed by atoms with van der Waals surface area (Å²) in [6.45, 7) is 12.4. The van der Waals surface area contributed by atoms with Gasteiger partial charge in [0.2, 0.25) is 5.91 Å². The van der Waals surface area contributed by atoms with Crippen LogP contribution in [0.3, 0.4) is 0 Å². The van der Waals surface area contributed by atoms with Crippen molar-refractivity contribution < 1.29 is 28.5 Å². The number of aliphatic imine (C=N–C) groups is 1. The van der Waals surface area contributed by atoms with Crippen LogP contribution in [0.4, 0.5) is 4.79 Å². The molecule has 11 nitrogen and oxygen atoms in total. The number of ether oxygens (including phenoxy) is 4. The van der Waals surface area contributed by atoms with Gasteiger partial charge in [-0.3, -0.25) is 4.79 Å². The second kappa shape index (κ2) is 14.6. The Hall–Kier alpha value is -2.37. The summed E-state index contributed by atoms with van der Waals surface area (Å²) >= 11 is 0. The van der Waals surface area contributed by atoms with Gasteiger partial charge in [-0.05, 0) is 27.5 Å². The summed E-state index contributed by atoms with van der Waals surface area (Å²) in [4.78, 5) is 27.7. The molecule has 176 valence electrons. The largest absolute Gasteiger partial charge is 0.444 e. The third-order valence-electron chi connectivity index (χ3n) is 3.84. The molecular weight excluding hydrogens is 406 g/mol. The molecule has 0 aromatic carbocycles. The number of carbonyl (C=O) groups is 2. The van der Waals surface area contributed by atoms with Gasteiger partial charge in [0.05, 0.1) is 51.9 Å². The first-order valence-electron chi connectivity index (χ1n) is 10.3. The second-order valence-electron chi connectivity index (χ2n) is 7.76. The predicted octanol–water partition coefficient (Wildman–Crippen LogP) is 1.35. The van der Waals surface area contributed by atoms with Gasteiger partial charge < -0.3 is 23.8 Å². The van der Waals surface area contributed by atoms with E-state index in [9.17, 15) is 9.59 Å². The van der Waals surface area contributed by atoms with Gasteiger partial charge in [0.1, 0.15) is 5.60 Å². The Morgan fingerprint density at radius 1 is 1.10 bits per heavy atom. The van der Waals surface area contributed by atoms with E-state index in [0.29, 0.717) is 59.2 Å². The Bertz CT molecular complexity index is 673. The molecule has 0 unspecified atom stereocenters. The first-order chi connectivity index (χ1) is 14.7. The van der Waals surface area contributed by atoms with Gasteiger partial charge in [-0.2, -0.15) is 0 Å². The van der Waals surface area contributed by atoms with Crippen molar-refractivity contribution in [1.29, 1.82) is 0 Å². The molecule has 0 radical (unpaired) electrons. The first kappa shape index (κ1) is 26.7. The van der Waals surface area contributed by atoms with Crippen LogP contribution in [0.15, 0.2) is 11.2 Å². The standard InChI is InChI=1S/C20H35N5O6/c1-20(2,3)31-19(27)24(5)8-10-28-12-14-30-15-13-29-11-9-25-16-17(22-23-25)6-7-18(26)21-4/h16H,4,6-15H2,1-3,5H3. The fourth-order valence-electron chi connectivity index (χ4n) is 2.21.